The molecule has 0 heteroatoms. The summed E-state index contributed by atoms with van der Waals surface area (Å²) in [7, 11) is 0. The average Bonchev–Trinajstić information content (AvgIpc) is 2.12. The highest BCUT2D eigenvalue weighted by Crippen LogP contribution is 2.31. The van der Waals surface area contributed by atoms with Crippen LogP contribution < -0.4 is 0 Å². The summed E-state index contributed by atoms with van der Waals surface area (Å²) in [6.07, 6.45) is 4.44. The van der Waals surface area contributed by atoms with Gasteiger partial charge in [-0.3, -0.25) is 0 Å². The molecule has 0 heterocycles. The van der Waals surface area contributed by atoms with Gasteiger partial charge in [-0.15, -0.1) is 0 Å². The highest BCUT2D eigenvalue weighted by Gasteiger charge is 2.17. The molecule has 1 saturated carbocycles. The van der Waals surface area contributed by atoms with Gasteiger partial charge in [0.05, 0.1) is 0 Å². The third-order valence-corrected chi connectivity index (χ3v) is 1.27. The highest BCUT2D eigenvalue weighted by molar-refractivity contribution is 4.69. The second-order valence-electron chi connectivity index (χ2n) is 1.85. The predicted octanol–water partition coefficient (Wildman–Crippen LogP) is 3.08. The van der Waals surface area contributed by atoms with E-state index in [4.69, 9.17) is 0 Å². The number of hydrogen-bond acceptors (Lipinski definition) is 0. The van der Waals surface area contributed by atoms with Gasteiger partial charge in [-0.2, -0.15) is 0 Å². The van der Waals surface area contributed by atoms with Crippen LogP contribution >= 0.6 is 0 Å². The van der Waals surface area contributed by atoms with Crippen LogP contribution in [0.5, 0.6) is 0 Å². The zero-order chi connectivity index (χ0) is 3.70. The van der Waals surface area contributed by atoms with Gasteiger partial charge in [-0.1, -0.05) is 41.0 Å². The van der Waals surface area contributed by atoms with Crippen molar-refractivity contribution in [1.82, 2.24) is 0 Å². The Hall–Kier alpha value is 0. The van der Waals surface area contributed by atoms with E-state index in [-0.39, 0.29) is 14.9 Å². The summed E-state index contributed by atoms with van der Waals surface area (Å²) in [5, 5.41) is 0. The summed E-state index contributed by atoms with van der Waals surface area (Å²) < 4.78 is 0. The van der Waals surface area contributed by atoms with Crippen molar-refractivity contribution < 1.29 is 0 Å². The van der Waals surface area contributed by atoms with Gasteiger partial charge >= 0.3 is 0 Å². The van der Waals surface area contributed by atoms with E-state index in [1.807, 2.05) is 0 Å². The molecular formula is C7H18. The van der Waals surface area contributed by atoms with Crippen molar-refractivity contribution in [3.8, 4) is 0 Å². The molecule has 1 aliphatic carbocycles. The van der Waals surface area contributed by atoms with Crippen LogP contribution in [0.15, 0.2) is 0 Å². The number of hydrogen-bond donors (Lipinski definition) is 0. The van der Waals surface area contributed by atoms with Gasteiger partial charge in [0, 0.05) is 0 Å². The Kier molecular flexibility index (Phi) is 6.00. The van der Waals surface area contributed by atoms with Gasteiger partial charge in [-0.25, -0.2) is 0 Å². The van der Waals surface area contributed by atoms with Crippen molar-refractivity contribution in [3.05, 3.63) is 0 Å². The summed E-state index contributed by atoms with van der Waals surface area (Å²) >= 11 is 0. The lowest BCUT2D eigenvalue weighted by molar-refractivity contribution is 0.799. The fourth-order valence-electron chi connectivity index (χ4n) is 0.526. The zero-order valence-corrected chi connectivity index (χ0v) is 3.70. The quantitative estimate of drug-likeness (QED) is 0.477. The largest absolute Gasteiger partial charge is 0.0776 e. The molecule has 7 heavy (non-hydrogen) atoms. The number of rotatable bonds is 1. The molecule has 46 valence electrons. The minimum atomic E-state index is 0. The van der Waals surface area contributed by atoms with Crippen LogP contribution in [0.2, 0.25) is 0 Å². The second kappa shape index (κ2) is 4.17. The van der Waals surface area contributed by atoms with Crippen LogP contribution in [0.4, 0.5) is 0 Å². The van der Waals surface area contributed by atoms with Crippen molar-refractivity contribution in [3.63, 3.8) is 0 Å². The summed E-state index contributed by atoms with van der Waals surface area (Å²) in [5.74, 6) is 1.13. The predicted molar refractivity (Wildman–Crippen MR) is 36.5 cm³/mol. The molecule has 1 fully saturated rings. The molecule has 0 radical (unpaired) electrons. The summed E-state index contributed by atoms with van der Waals surface area (Å²) in [6.45, 7) is 2.26. The maximum absolute atomic E-state index is 2.26. The Balaban J connectivity index is 0. The highest BCUT2D eigenvalue weighted by atomic mass is 14.2. The first-order chi connectivity index (χ1) is 2.43. The lowest BCUT2D eigenvalue weighted by atomic mass is 10.3. The SMILES string of the molecule is C.C.CCC1CC1. The summed E-state index contributed by atoms with van der Waals surface area (Å²) in [6, 6.07) is 0. The van der Waals surface area contributed by atoms with Crippen molar-refractivity contribution in [2.24, 2.45) is 5.92 Å². The van der Waals surface area contributed by atoms with E-state index in [0.29, 0.717) is 0 Å². The van der Waals surface area contributed by atoms with E-state index >= 15 is 0 Å². The monoisotopic (exact) mass is 102 g/mol. The van der Waals surface area contributed by atoms with E-state index in [9.17, 15) is 0 Å². The van der Waals surface area contributed by atoms with E-state index in [1.165, 1.54) is 19.3 Å². The summed E-state index contributed by atoms with van der Waals surface area (Å²) in [4.78, 5) is 0. The van der Waals surface area contributed by atoms with Gasteiger partial charge in [0.25, 0.3) is 0 Å². The summed E-state index contributed by atoms with van der Waals surface area (Å²) in [5.41, 5.74) is 0. The molecule has 0 amide bonds. The first-order valence-electron chi connectivity index (χ1n) is 2.43. The Morgan fingerprint density at radius 1 is 1.29 bits per heavy atom. The molecular weight excluding hydrogens is 84.1 g/mol. The van der Waals surface area contributed by atoms with E-state index < -0.39 is 0 Å². The van der Waals surface area contributed by atoms with Crippen LogP contribution in [0, 0.1) is 5.92 Å². The van der Waals surface area contributed by atoms with Crippen LogP contribution in [-0.4, -0.2) is 0 Å². The molecule has 0 aromatic carbocycles. The molecule has 0 aliphatic heterocycles. The van der Waals surface area contributed by atoms with Crippen molar-refractivity contribution in [2.75, 3.05) is 0 Å². The molecule has 0 bridgehead atoms. The maximum Gasteiger partial charge on any atom is -0.0417 e. The normalized spacial score (nSPS) is 16.7. The molecule has 0 spiro atoms. The molecule has 0 saturated heterocycles. The molecule has 0 aromatic heterocycles. The Morgan fingerprint density at radius 3 is 1.71 bits per heavy atom. The standard InChI is InChI=1S/C5H10.2CH4/c1-2-5-3-4-5;;/h5H,2-4H2,1H3;2*1H4. The molecule has 1 rings (SSSR count). The van der Waals surface area contributed by atoms with Crippen LogP contribution in [0.3, 0.4) is 0 Å². The van der Waals surface area contributed by atoms with Gasteiger partial charge in [0.1, 0.15) is 0 Å². The van der Waals surface area contributed by atoms with Crippen molar-refractivity contribution in [2.45, 2.75) is 41.0 Å². The molecule has 0 aromatic rings. The lowest BCUT2D eigenvalue weighted by Gasteiger charge is -1.72. The Labute approximate surface area is 47.9 Å². The third kappa shape index (κ3) is 3.84. The van der Waals surface area contributed by atoms with E-state index in [0.717, 1.165) is 5.92 Å². The fourth-order valence-corrected chi connectivity index (χ4v) is 0.526. The molecule has 0 atom stereocenters. The topological polar surface area (TPSA) is 0 Å². The fraction of sp³-hybridized carbons (Fsp3) is 1.00. The molecule has 0 N–H and O–H groups in total. The van der Waals surface area contributed by atoms with Crippen molar-refractivity contribution in [1.29, 1.82) is 0 Å². The minimum absolute atomic E-state index is 0. The maximum atomic E-state index is 2.26. The van der Waals surface area contributed by atoms with Crippen LogP contribution in [0.1, 0.15) is 41.0 Å². The van der Waals surface area contributed by atoms with Crippen LogP contribution in [0.25, 0.3) is 0 Å². The van der Waals surface area contributed by atoms with Crippen molar-refractivity contribution >= 4 is 0 Å². The van der Waals surface area contributed by atoms with Crippen LogP contribution in [-0.2, 0) is 0 Å². The lowest BCUT2D eigenvalue weighted by Crippen LogP contribution is -1.59. The second-order valence-corrected chi connectivity index (χ2v) is 1.85. The third-order valence-electron chi connectivity index (χ3n) is 1.27. The van der Waals surface area contributed by atoms with Gasteiger partial charge in [0.15, 0.2) is 0 Å². The van der Waals surface area contributed by atoms with Gasteiger partial charge < -0.3 is 0 Å². The first-order valence-corrected chi connectivity index (χ1v) is 2.43. The molecule has 1 aliphatic rings. The molecule has 0 nitrogen and oxygen atoms in total. The Bertz CT molecular complexity index is 27.0. The Morgan fingerprint density at radius 2 is 1.71 bits per heavy atom. The van der Waals surface area contributed by atoms with Gasteiger partial charge in [-0.05, 0) is 5.92 Å². The minimum Gasteiger partial charge on any atom is -0.0776 e. The first kappa shape index (κ1) is 10.1. The van der Waals surface area contributed by atoms with Gasteiger partial charge in [0.2, 0.25) is 0 Å². The molecule has 0 unspecified atom stereocenters. The van der Waals surface area contributed by atoms with E-state index in [1.54, 1.807) is 0 Å². The van der Waals surface area contributed by atoms with E-state index in [2.05, 4.69) is 6.92 Å². The smallest absolute Gasteiger partial charge is 0.0417 e. The zero-order valence-electron chi connectivity index (χ0n) is 3.70. The average molecular weight is 102 g/mol.